The van der Waals surface area contributed by atoms with Crippen molar-refractivity contribution in [2.24, 2.45) is 0 Å². The number of nitrogens with zero attached hydrogens (tertiary/aromatic N) is 1. The van der Waals surface area contributed by atoms with E-state index < -0.39 is 6.04 Å². The summed E-state index contributed by atoms with van der Waals surface area (Å²) in [5, 5.41) is 3.95. The Morgan fingerprint density at radius 3 is 2.58 bits per heavy atom. The van der Waals surface area contributed by atoms with Crippen LogP contribution in [0.1, 0.15) is 62.1 Å². The number of thioether (sulfide) groups is 1. The summed E-state index contributed by atoms with van der Waals surface area (Å²) in [5.74, 6) is 0.930. The second-order valence-corrected chi connectivity index (χ2v) is 10.3. The Balaban J connectivity index is 1.71. The minimum absolute atomic E-state index is 0.0146. The number of benzene rings is 2. The van der Waals surface area contributed by atoms with E-state index in [2.05, 4.69) is 11.4 Å². The van der Waals surface area contributed by atoms with E-state index in [0.717, 1.165) is 42.4 Å². The highest BCUT2D eigenvalue weighted by atomic mass is 35.5. The molecule has 1 saturated carbocycles. The van der Waals surface area contributed by atoms with E-state index in [1.807, 2.05) is 56.3 Å². The zero-order chi connectivity index (χ0) is 23.6. The van der Waals surface area contributed by atoms with Crippen LogP contribution in [0.25, 0.3) is 0 Å². The molecule has 0 heterocycles. The predicted octanol–water partition coefficient (Wildman–Crippen LogP) is 6.14. The van der Waals surface area contributed by atoms with Crippen LogP contribution in [0.15, 0.2) is 48.5 Å². The van der Waals surface area contributed by atoms with E-state index in [1.54, 1.807) is 4.90 Å². The summed E-state index contributed by atoms with van der Waals surface area (Å²) in [6.07, 6.45) is 6.21. The molecule has 2 aromatic carbocycles. The summed E-state index contributed by atoms with van der Waals surface area (Å²) >= 11 is 7.81. The average Bonchev–Trinajstić information content (AvgIpc) is 2.81. The van der Waals surface area contributed by atoms with Crippen molar-refractivity contribution in [3.8, 4) is 0 Å². The first-order valence-electron chi connectivity index (χ1n) is 11.9. The zero-order valence-electron chi connectivity index (χ0n) is 19.7. The van der Waals surface area contributed by atoms with Gasteiger partial charge in [0.05, 0.1) is 5.75 Å². The lowest BCUT2D eigenvalue weighted by atomic mass is 9.95. The van der Waals surface area contributed by atoms with Gasteiger partial charge in [-0.05, 0) is 43.4 Å². The Bertz CT molecular complexity index is 930. The molecule has 3 rings (SSSR count). The molecule has 0 aliphatic heterocycles. The minimum atomic E-state index is -0.471. The van der Waals surface area contributed by atoms with Crippen molar-refractivity contribution in [3.63, 3.8) is 0 Å². The number of hydrogen-bond donors (Lipinski definition) is 1. The molecule has 0 spiro atoms. The summed E-state index contributed by atoms with van der Waals surface area (Å²) < 4.78 is 0. The second kappa shape index (κ2) is 13.0. The Morgan fingerprint density at radius 1 is 1.12 bits per heavy atom. The van der Waals surface area contributed by atoms with Gasteiger partial charge in [-0.3, -0.25) is 9.59 Å². The zero-order valence-corrected chi connectivity index (χ0v) is 21.3. The maximum Gasteiger partial charge on any atom is 0.243 e. The molecule has 1 aliphatic rings. The van der Waals surface area contributed by atoms with E-state index in [9.17, 15) is 9.59 Å². The number of carbonyl (C=O) groups excluding carboxylic acids is 2. The molecule has 1 N–H and O–H groups in total. The maximum atomic E-state index is 13.4. The first-order chi connectivity index (χ1) is 16.0. The molecular weight excluding hydrogens is 452 g/mol. The van der Waals surface area contributed by atoms with Crippen LogP contribution >= 0.6 is 23.4 Å². The van der Waals surface area contributed by atoms with Gasteiger partial charge in [-0.2, -0.15) is 0 Å². The smallest absolute Gasteiger partial charge is 0.243 e. The van der Waals surface area contributed by atoms with Gasteiger partial charge in [0.25, 0.3) is 0 Å². The third kappa shape index (κ3) is 7.79. The van der Waals surface area contributed by atoms with E-state index in [0.29, 0.717) is 29.5 Å². The number of rotatable bonds is 10. The topological polar surface area (TPSA) is 49.4 Å². The molecule has 0 unspecified atom stereocenters. The molecule has 178 valence electrons. The van der Waals surface area contributed by atoms with Crippen molar-refractivity contribution < 1.29 is 9.59 Å². The fraction of sp³-hybridized carbons (Fsp3) is 0.481. The normalized spacial score (nSPS) is 15.1. The monoisotopic (exact) mass is 486 g/mol. The molecule has 1 atom stereocenters. The average molecular weight is 487 g/mol. The number of nitrogens with one attached hydrogen (secondary N) is 1. The molecule has 0 radical (unpaired) electrons. The first kappa shape index (κ1) is 25.6. The fourth-order valence-corrected chi connectivity index (χ4v) is 5.61. The van der Waals surface area contributed by atoms with Crippen LogP contribution < -0.4 is 5.32 Å². The highest BCUT2D eigenvalue weighted by Gasteiger charge is 2.30. The van der Waals surface area contributed by atoms with Gasteiger partial charge in [-0.15, -0.1) is 11.8 Å². The number of aryl methyl sites for hydroxylation is 1. The highest BCUT2D eigenvalue weighted by molar-refractivity contribution is 7.99. The first-order valence-corrected chi connectivity index (χ1v) is 13.5. The molecule has 0 saturated heterocycles. The summed E-state index contributed by atoms with van der Waals surface area (Å²) in [7, 11) is 0. The molecule has 2 amide bonds. The molecule has 2 aromatic rings. The molecule has 1 fully saturated rings. The van der Waals surface area contributed by atoms with Gasteiger partial charge in [-0.1, -0.05) is 85.8 Å². The maximum absolute atomic E-state index is 13.4. The molecular formula is C27H35ClN2O2S. The van der Waals surface area contributed by atoms with E-state index in [4.69, 9.17) is 11.6 Å². The summed E-state index contributed by atoms with van der Waals surface area (Å²) in [5.41, 5.74) is 3.21. The van der Waals surface area contributed by atoms with Crippen LogP contribution in [0, 0.1) is 6.92 Å². The van der Waals surface area contributed by atoms with Gasteiger partial charge in [0, 0.05) is 23.4 Å². The van der Waals surface area contributed by atoms with E-state index in [1.165, 1.54) is 18.2 Å². The van der Waals surface area contributed by atoms with Gasteiger partial charge in [-0.25, -0.2) is 0 Å². The van der Waals surface area contributed by atoms with Crippen molar-refractivity contribution in [2.75, 3.05) is 5.75 Å². The van der Waals surface area contributed by atoms with E-state index in [-0.39, 0.29) is 17.9 Å². The number of amides is 2. The van der Waals surface area contributed by atoms with Crippen molar-refractivity contribution in [3.05, 3.63) is 70.2 Å². The lowest BCUT2D eigenvalue weighted by molar-refractivity contribution is -0.139. The summed E-state index contributed by atoms with van der Waals surface area (Å²) in [6.45, 7) is 4.46. The van der Waals surface area contributed by atoms with Crippen molar-refractivity contribution in [1.29, 1.82) is 0 Å². The molecule has 0 bridgehead atoms. The lowest BCUT2D eigenvalue weighted by Gasteiger charge is -2.33. The molecule has 33 heavy (non-hydrogen) atoms. The molecule has 1 aliphatic carbocycles. The number of halogens is 1. The summed E-state index contributed by atoms with van der Waals surface area (Å²) in [4.78, 5) is 28.4. The minimum Gasteiger partial charge on any atom is -0.352 e. The van der Waals surface area contributed by atoms with Crippen LogP contribution in [0.3, 0.4) is 0 Å². The third-order valence-electron chi connectivity index (χ3n) is 6.21. The van der Waals surface area contributed by atoms with Gasteiger partial charge < -0.3 is 10.2 Å². The van der Waals surface area contributed by atoms with Crippen molar-refractivity contribution in [1.82, 2.24) is 10.2 Å². The fourth-order valence-electron chi connectivity index (χ4n) is 4.42. The van der Waals surface area contributed by atoms with Gasteiger partial charge in [0.2, 0.25) is 11.8 Å². The van der Waals surface area contributed by atoms with Gasteiger partial charge in [0.1, 0.15) is 6.04 Å². The number of carbonyl (C=O) groups is 2. The van der Waals surface area contributed by atoms with Crippen LogP contribution in [0.5, 0.6) is 0 Å². The van der Waals surface area contributed by atoms with E-state index >= 15 is 0 Å². The quantitative estimate of drug-likeness (QED) is 0.439. The van der Waals surface area contributed by atoms with Crippen molar-refractivity contribution >= 4 is 35.2 Å². The molecule has 4 nitrogen and oxygen atoms in total. The number of hydrogen-bond acceptors (Lipinski definition) is 3. The second-order valence-electron chi connectivity index (χ2n) is 8.86. The molecule has 0 aromatic heterocycles. The highest BCUT2D eigenvalue weighted by Crippen LogP contribution is 2.23. The predicted molar refractivity (Wildman–Crippen MR) is 138 cm³/mol. The van der Waals surface area contributed by atoms with Crippen LogP contribution in [0.2, 0.25) is 5.02 Å². The third-order valence-corrected chi connectivity index (χ3v) is 7.55. The Labute approximate surface area is 207 Å². The largest absolute Gasteiger partial charge is 0.352 e. The van der Waals surface area contributed by atoms with Gasteiger partial charge >= 0.3 is 0 Å². The van der Waals surface area contributed by atoms with Crippen LogP contribution in [0.4, 0.5) is 0 Å². The SMILES string of the molecule is CC[C@@H](C(=O)NC1CCCCC1)N(Cc1cccc(C)c1)C(=O)CSCc1ccccc1Cl. The Morgan fingerprint density at radius 2 is 1.88 bits per heavy atom. The van der Waals surface area contributed by atoms with Crippen molar-refractivity contribution in [2.45, 2.75) is 76.8 Å². The Kier molecular flexibility index (Phi) is 10.1. The van der Waals surface area contributed by atoms with Crippen LogP contribution in [-0.4, -0.2) is 34.6 Å². The Hall–Kier alpha value is -1.98. The van der Waals surface area contributed by atoms with Crippen LogP contribution in [-0.2, 0) is 21.9 Å². The standard InChI is InChI=1S/C27H35ClN2O2S/c1-3-25(27(32)29-23-13-5-4-6-14-23)30(17-21-11-9-10-20(2)16-21)26(31)19-33-18-22-12-7-8-15-24(22)28/h7-12,15-16,23,25H,3-6,13-14,17-19H2,1-2H3,(H,29,32)/t25-/m0/s1. The molecule has 6 heteroatoms. The van der Waals surface area contributed by atoms with Gasteiger partial charge in [0.15, 0.2) is 0 Å². The lowest BCUT2D eigenvalue weighted by Crippen LogP contribution is -2.52. The summed E-state index contributed by atoms with van der Waals surface area (Å²) in [6, 6.07) is 15.6.